The summed E-state index contributed by atoms with van der Waals surface area (Å²) >= 11 is 0. The van der Waals surface area contributed by atoms with Gasteiger partial charge in [-0.1, -0.05) is 26.0 Å². The van der Waals surface area contributed by atoms with Crippen molar-refractivity contribution >= 4 is 9.84 Å². The highest BCUT2D eigenvalue weighted by molar-refractivity contribution is 7.90. The lowest BCUT2D eigenvalue weighted by atomic mass is 9.66. The summed E-state index contributed by atoms with van der Waals surface area (Å²) in [5, 5.41) is 13.4. The van der Waals surface area contributed by atoms with Crippen LogP contribution in [0, 0.1) is 24.0 Å². The average molecular weight is 551 g/mol. The summed E-state index contributed by atoms with van der Waals surface area (Å²) in [4.78, 5) is 9.36. The molecule has 39 heavy (non-hydrogen) atoms. The predicted molar refractivity (Wildman–Crippen MR) is 141 cm³/mol. The highest BCUT2D eigenvalue weighted by atomic mass is 32.2. The van der Waals surface area contributed by atoms with Crippen LogP contribution in [0.2, 0.25) is 0 Å². The first-order valence-electron chi connectivity index (χ1n) is 12.8. The first-order valence-corrected chi connectivity index (χ1v) is 14.9. The van der Waals surface area contributed by atoms with Crippen molar-refractivity contribution in [2.75, 3.05) is 12.0 Å². The molecule has 2 atom stereocenters. The molecule has 2 aliphatic carbocycles. The molecule has 1 aromatic carbocycles. The third kappa shape index (κ3) is 3.89. The second kappa shape index (κ2) is 8.70. The third-order valence-corrected chi connectivity index (χ3v) is 9.51. The summed E-state index contributed by atoms with van der Waals surface area (Å²) in [7, 11) is -3.14. The molecule has 1 fully saturated rings. The number of benzene rings is 1. The van der Waals surface area contributed by atoms with Gasteiger partial charge in [-0.15, -0.1) is 10.2 Å². The monoisotopic (exact) mass is 550 g/mol. The zero-order valence-electron chi connectivity index (χ0n) is 22.1. The quantitative estimate of drug-likeness (QED) is 0.348. The number of aromatic nitrogens is 6. The molecule has 4 aromatic rings. The minimum Gasteiger partial charge on any atom is -0.232 e. The molecule has 1 saturated carbocycles. The Morgan fingerprint density at radius 3 is 2.56 bits per heavy atom. The average Bonchev–Trinajstić information content (AvgIpc) is 3.50. The molecule has 0 radical (unpaired) electrons. The Hall–Kier alpha value is -3.60. The molecule has 2 bridgehead atoms. The summed E-state index contributed by atoms with van der Waals surface area (Å²) in [6, 6.07) is 9.56. The maximum Gasteiger partial charge on any atom is 0.158 e. The molecular weight excluding hydrogens is 522 g/mol. The Morgan fingerprint density at radius 2 is 1.85 bits per heavy atom. The van der Waals surface area contributed by atoms with Crippen LogP contribution >= 0.6 is 0 Å². The maximum absolute atomic E-state index is 14.6. The Labute approximate surface area is 225 Å². The van der Waals surface area contributed by atoms with Crippen LogP contribution in [0.25, 0.3) is 17.1 Å². The Kier molecular flexibility index (Phi) is 5.73. The van der Waals surface area contributed by atoms with E-state index in [4.69, 9.17) is 4.98 Å². The number of nitrogens with zero attached hydrogens (tertiary/aromatic N) is 6. The number of hydrogen-bond donors (Lipinski definition) is 0. The van der Waals surface area contributed by atoms with Gasteiger partial charge >= 0.3 is 0 Å². The summed E-state index contributed by atoms with van der Waals surface area (Å²) in [5.74, 6) is -0.222. The molecule has 202 valence electrons. The van der Waals surface area contributed by atoms with Crippen LogP contribution in [0.4, 0.5) is 8.78 Å². The fourth-order valence-corrected chi connectivity index (χ4v) is 7.09. The molecule has 3 aromatic heterocycles. The number of sulfone groups is 1. The molecule has 0 N–H and O–H groups in total. The Morgan fingerprint density at radius 1 is 1.10 bits per heavy atom. The number of fused-ring (bicyclic) bond motifs is 5. The van der Waals surface area contributed by atoms with Crippen molar-refractivity contribution in [1.82, 2.24) is 29.9 Å². The van der Waals surface area contributed by atoms with E-state index in [-0.39, 0.29) is 34.8 Å². The van der Waals surface area contributed by atoms with Crippen molar-refractivity contribution in [3.8, 4) is 17.1 Å². The molecule has 3 heterocycles. The van der Waals surface area contributed by atoms with E-state index in [2.05, 4.69) is 34.1 Å². The summed E-state index contributed by atoms with van der Waals surface area (Å²) in [6.45, 7) is 6.31. The van der Waals surface area contributed by atoms with Gasteiger partial charge in [0.05, 0.1) is 33.8 Å². The SMILES string of the molecule is Cc1ccc([C@]23CC[C@@H](c4cc(-c5c(F)cccc5F)nnc42)C3(C)C)nc1-n1cnc(CCS(C)(=O)=O)n1. The zero-order valence-corrected chi connectivity index (χ0v) is 22.9. The van der Waals surface area contributed by atoms with Crippen LogP contribution < -0.4 is 0 Å². The lowest BCUT2D eigenvalue weighted by Crippen LogP contribution is -2.38. The van der Waals surface area contributed by atoms with Crippen LogP contribution in [-0.2, 0) is 21.7 Å². The van der Waals surface area contributed by atoms with Crippen molar-refractivity contribution in [2.45, 2.75) is 51.4 Å². The van der Waals surface area contributed by atoms with E-state index >= 15 is 0 Å². The summed E-state index contributed by atoms with van der Waals surface area (Å²) < 4.78 is 53.8. The largest absolute Gasteiger partial charge is 0.232 e. The van der Waals surface area contributed by atoms with E-state index in [1.54, 1.807) is 17.1 Å². The number of halogens is 2. The topological polar surface area (TPSA) is 104 Å². The van der Waals surface area contributed by atoms with E-state index in [9.17, 15) is 17.2 Å². The van der Waals surface area contributed by atoms with E-state index in [1.165, 1.54) is 24.5 Å². The molecule has 0 saturated heterocycles. The molecule has 6 rings (SSSR count). The predicted octanol–water partition coefficient (Wildman–Crippen LogP) is 4.50. The van der Waals surface area contributed by atoms with Gasteiger partial charge in [-0.3, -0.25) is 0 Å². The standard InChI is InChI=1S/C28H28F2N6O2S/c1-16-8-9-22(32-26(16)36-15-31-23(35-36)11-13-39(4,37)38)28-12-10-18(27(28,2)3)17-14-21(33-34-25(17)28)24-19(29)6-5-7-20(24)30/h5-9,14-15,18H,10-13H2,1-4H3/t18-,28+/m0/s1. The van der Waals surface area contributed by atoms with Gasteiger partial charge < -0.3 is 0 Å². The molecule has 0 aliphatic heterocycles. The first kappa shape index (κ1) is 25.7. The lowest BCUT2D eigenvalue weighted by molar-refractivity contribution is 0.242. The maximum atomic E-state index is 14.6. The van der Waals surface area contributed by atoms with Crippen LogP contribution in [-0.4, -0.2) is 50.4 Å². The van der Waals surface area contributed by atoms with Gasteiger partial charge in [0.15, 0.2) is 11.6 Å². The van der Waals surface area contributed by atoms with Gasteiger partial charge in [0, 0.05) is 12.7 Å². The normalized spacial score (nSPS) is 21.3. The van der Waals surface area contributed by atoms with Crippen LogP contribution in [0.5, 0.6) is 0 Å². The van der Waals surface area contributed by atoms with Gasteiger partial charge in [-0.05, 0) is 66.5 Å². The molecule has 0 unspecified atom stereocenters. The number of pyridine rings is 1. The van der Waals surface area contributed by atoms with Crippen molar-refractivity contribution in [1.29, 1.82) is 0 Å². The van der Waals surface area contributed by atoms with Crippen LogP contribution in [0.15, 0.2) is 42.7 Å². The van der Waals surface area contributed by atoms with Crippen molar-refractivity contribution in [3.05, 3.63) is 82.7 Å². The number of hydrogen-bond acceptors (Lipinski definition) is 7. The minimum absolute atomic E-state index is 0.0314. The summed E-state index contributed by atoms with van der Waals surface area (Å²) in [6.07, 6.45) is 4.65. The molecule has 0 spiro atoms. The zero-order chi connectivity index (χ0) is 27.7. The number of rotatable bonds is 6. The Balaban J connectivity index is 1.44. The van der Waals surface area contributed by atoms with E-state index in [0.717, 1.165) is 35.4 Å². The van der Waals surface area contributed by atoms with E-state index in [0.29, 0.717) is 11.6 Å². The molecule has 0 amide bonds. The first-order chi connectivity index (χ1) is 18.4. The molecule has 11 heteroatoms. The van der Waals surface area contributed by atoms with Gasteiger partial charge in [-0.25, -0.2) is 31.8 Å². The summed E-state index contributed by atoms with van der Waals surface area (Å²) in [5.41, 5.74) is 2.64. The fourth-order valence-electron chi connectivity index (χ4n) is 6.53. The molecular formula is C28H28F2N6O2S. The minimum atomic E-state index is -3.14. The highest BCUT2D eigenvalue weighted by Gasteiger charge is 2.65. The van der Waals surface area contributed by atoms with E-state index < -0.39 is 26.9 Å². The smallest absolute Gasteiger partial charge is 0.158 e. The van der Waals surface area contributed by atoms with Crippen LogP contribution in [0.3, 0.4) is 0 Å². The highest BCUT2D eigenvalue weighted by Crippen LogP contribution is 2.69. The number of aryl methyl sites for hydroxylation is 2. The molecule has 2 aliphatic rings. The van der Waals surface area contributed by atoms with E-state index in [1.807, 2.05) is 19.1 Å². The third-order valence-electron chi connectivity index (χ3n) is 8.56. The van der Waals surface area contributed by atoms with Gasteiger partial charge in [0.1, 0.15) is 27.8 Å². The second-order valence-corrected chi connectivity index (χ2v) is 13.4. The van der Waals surface area contributed by atoms with Gasteiger partial charge in [0.2, 0.25) is 0 Å². The van der Waals surface area contributed by atoms with Crippen molar-refractivity contribution in [2.24, 2.45) is 5.41 Å². The van der Waals surface area contributed by atoms with Gasteiger partial charge in [-0.2, -0.15) is 5.10 Å². The second-order valence-electron chi connectivity index (χ2n) is 11.2. The molecule has 8 nitrogen and oxygen atoms in total. The van der Waals surface area contributed by atoms with Crippen LogP contribution in [0.1, 0.15) is 60.9 Å². The lowest BCUT2D eigenvalue weighted by Gasteiger charge is -2.37. The fraction of sp³-hybridized carbons (Fsp3) is 0.393. The van der Waals surface area contributed by atoms with Crippen molar-refractivity contribution in [3.63, 3.8) is 0 Å². The van der Waals surface area contributed by atoms with Crippen molar-refractivity contribution < 1.29 is 17.2 Å². The Bertz CT molecular complexity index is 1720. The van der Waals surface area contributed by atoms with Gasteiger partial charge in [0.25, 0.3) is 0 Å².